The fourth-order valence-electron chi connectivity index (χ4n) is 4.66. The van der Waals surface area contributed by atoms with Gasteiger partial charge in [0, 0.05) is 44.1 Å². The summed E-state index contributed by atoms with van der Waals surface area (Å²) in [6.07, 6.45) is 3.79. The Bertz CT molecular complexity index is 1020. The summed E-state index contributed by atoms with van der Waals surface area (Å²) in [7, 11) is 1.65. The molecular formula is C23H24N4O2. The molecule has 6 nitrogen and oxygen atoms in total. The summed E-state index contributed by atoms with van der Waals surface area (Å²) in [5, 5.41) is 0. The molecule has 1 saturated heterocycles. The van der Waals surface area contributed by atoms with Crippen molar-refractivity contribution in [2.24, 2.45) is 0 Å². The van der Waals surface area contributed by atoms with Gasteiger partial charge in [0.25, 0.3) is 5.91 Å². The molecule has 0 aliphatic carbocycles. The maximum atomic E-state index is 13.2. The van der Waals surface area contributed by atoms with Crippen molar-refractivity contribution in [3.8, 4) is 5.88 Å². The van der Waals surface area contributed by atoms with Crippen LogP contribution >= 0.6 is 0 Å². The van der Waals surface area contributed by atoms with Gasteiger partial charge in [0.1, 0.15) is 5.69 Å². The summed E-state index contributed by atoms with van der Waals surface area (Å²) >= 11 is 0. The van der Waals surface area contributed by atoms with Gasteiger partial charge >= 0.3 is 0 Å². The van der Waals surface area contributed by atoms with Gasteiger partial charge < -0.3 is 14.2 Å². The quantitative estimate of drug-likeness (QED) is 0.674. The van der Waals surface area contributed by atoms with Gasteiger partial charge in [-0.15, -0.1) is 0 Å². The zero-order chi connectivity index (χ0) is 19.8. The topological polar surface area (TPSA) is 50.6 Å². The van der Waals surface area contributed by atoms with Crippen LogP contribution in [0.4, 0.5) is 0 Å². The molecule has 0 N–H and O–H groups in total. The highest BCUT2D eigenvalue weighted by Crippen LogP contribution is 2.35. The van der Waals surface area contributed by atoms with E-state index in [1.807, 2.05) is 42.6 Å². The lowest BCUT2D eigenvalue weighted by atomic mass is 10.0. The van der Waals surface area contributed by atoms with E-state index in [0.29, 0.717) is 12.4 Å². The number of fused-ring (bicyclic) bond motifs is 3. The van der Waals surface area contributed by atoms with Crippen molar-refractivity contribution in [1.82, 2.24) is 19.4 Å². The Balaban J connectivity index is 1.43. The van der Waals surface area contributed by atoms with Crippen LogP contribution in [0.5, 0.6) is 5.88 Å². The molecule has 4 heterocycles. The van der Waals surface area contributed by atoms with E-state index in [1.54, 1.807) is 13.3 Å². The number of ether oxygens (including phenoxy) is 1. The Labute approximate surface area is 170 Å². The average Bonchev–Trinajstić information content (AvgIpc) is 3.39. The first-order valence-electron chi connectivity index (χ1n) is 9.96. The number of nitrogens with zero attached hydrogens (tertiary/aromatic N) is 4. The predicted molar refractivity (Wildman–Crippen MR) is 110 cm³/mol. The molecule has 2 atom stereocenters. The van der Waals surface area contributed by atoms with Gasteiger partial charge in [-0.3, -0.25) is 9.69 Å². The monoisotopic (exact) mass is 388 g/mol. The Morgan fingerprint density at radius 1 is 1.00 bits per heavy atom. The summed E-state index contributed by atoms with van der Waals surface area (Å²) in [6.45, 7) is 3.12. The average molecular weight is 388 g/mol. The van der Waals surface area contributed by atoms with E-state index in [0.717, 1.165) is 36.5 Å². The third kappa shape index (κ3) is 3.19. The van der Waals surface area contributed by atoms with E-state index in [2.05, 4.69) is 37.5 Å². The lowest BCUT2D eigenvalue weighted by Gasteiger charge is -2.38. The van der Waals surface area contributed by atoms with Crippen molar-refractivity contribution in [1.29, 1.82) is 0 Å². The minimum Gasteiger partial charge on any atom is -0.481 e. The normalized spacial score (nSPS) is 21.1. The highest BCUT2D eigenvalue weighted by Gasteiger charge is 2.44. The SMILES string of the molecule is COc1ncccc1CN1C[C@@H]2[C@@H](C1)n1cccc1C(=O)N2Cc1ccccc1. The minimum absolute atomic E-state index is 0.112. The van der Waals surface area contributed by atoms with E-state index in [9.17, 15) is 4.79 Å². The van der Waals surface area contributed by atoms with Crippen molar-refractivity contribution < 1.29 is 9.53 Å². The van der Waals surface area contributed by atoms with Gasteiger partial charge in [0.15, 0.2) is 0 Å². The molecule has 3 aromatic rings. The Morgan fingerprint density at radius 3 is 2.66 bits per heavy atom. The van der Waals surface area contributed by atoms with Crippen molar-refractivity contribution in [2.45, 2.75) is 25.2 Å². The van der Waals surface area contributed by atoms with Crippen LogP contribution in [-0.2, 0) is 13.1 Å². The molecule has 29 heavy (non-hydrogen) atoms. The number of methoxy groups -OCH3 is 1. The van der Waals surface area contributed by atoms with E-state index >= 15 is 0 Å². The smallest absolute Gasteiger partial charge is 0.271 e. The van der Waals surface area contributed by atoms with Gasteiger partial charge in [-0.05, 0) is 23.8 Å². The van der Waals surface area contributed by atoms with Crippen LogP contribution in [0.3, 0.4) is 0 Å². The number of rotatable bonds is 5. The molecule has 2 aliphatic rings. The van der Waals surface area contributed by atoms with Gasteiger partial charge in [-0.1, -0.05) is 36.4 Å². The molecule has 1 amide bonds. The van der Waals surface area contributed by atoms with Crippen LogP contribution in [-0.4, -0.2) is 51.5 Å². The van der Waals surface area contributed by atoms with Crippen LogP contribution in [0.15, 0.2) is 67.0 Å². The van der Waals surface area contributed by atoms with Crippen molar-refractivity contribution in [3.05, 3.63) is 83.8 Å². The minimum atomic E-state index is 0.112. The lowest BCUT2D eigenvalue weighted by Crippen LogP contribution is -2.49. The van der Waals surface area contributed by atoms with Gasteiger partial charge in [0.05, 0.1) is 19.2 Å². The third-order valence-electron chi connectivity index (χ3n) is 5.98. The molecular weight excluding hydrogens is 364 g/mol. The fourth-order valence-corrected chi connectivity index (χ4v) is 4.66. The van der Waals surface area contributed by atoms with Crippen molar-refractivity contribution >= 4 is 5.91 Å². The van der Waals surface area contributed by atoms with Crippen LogP contribution in [0, 0.1) is 0 Å². The highest BCUT2D eigenvalue weighted by atomic mass is 16.5. The van der Waals surface area contributed by atoms with Gasteiger partial charge in [-0.2, -0.15) is 0 Å². The van der Waals surface area contributed by atoms with Crippen molar-refractivity contribution in [3.63, 3.8) is 0 Å². The van der Waals surface area contributed by atoms with E-state index in [-0.39, 0.29) is 18.0 Å². The first-order chi connectivity index (χ1) is 14.2. The van der Waals surface area contributed by atoms with Gasteiger partial charge in [0.2, 0.25) is 5.88 Å². The maximum absolute atomic E-state index is 13.2. The molecule has 148 valence electrons. The van der Waals surface area contributed by atoms with E-state index < -0.39 is 0 Å². The first-order valence-corrected chi connectivity index (χ1v) is 9.96. The molecule has 5 rings (SSSR count). The molecule has 1 aromatic carbocycles. The summed E-state index contributed by atoms with van der Waals surface area (Å²) in [6, 6.07) is 18.5. The fraction of sp³-hybridized carbons (Fsp3) is 0.304. The largest absolute Gasteiger partial charge is 0.481 e. The third-order valence-corrected chi connectivity index (χ3v) is 5.98. The molecule has 6 heteroatoms. The van der Waals surface area contributed by atoms with Crippen LogP contribution in [0.1, 0.15) is 27.7 Å². The molecule has 0 radical (unpaired) electrons. The highest BCUT2D eigenvalue weighted by molar-refractivity contribution is 5.94. The number of amides is 1. The molecule has 0 bridgehead atoms. The zero-order valence-corrected chi connectivity index (χ0v) is 16.4. The number of hydrogen-bond acceptors (Lipinski definition) is 4. The van der Waals surface area contributed by atoms with Crippen LogP contribution < -0.4 is 4.74 Å². The number of hydrogen-bond donors (Lipinski definition) is 0. The number of likely N-dealkylation sites (tertiary alicyclic amines) is 1. The van der Waals surface area contributed by atoms with Crippen LogP contribution in [0.2, 0.25) is 0 Å². The summed E-state index contributed by atoms with van der Waals surface area (Å²) < 4.78 is 7.59. The Hall–Kier alpha value is -3.12. The summed E-state index contributed by atoms with van der Waals surface area (Å²) in [5.41, 5.74) is 3.01. The molecule has 0 unspecified atom stereocenters. The van der Waals surface area contributed by atoms with Crippen LogP contribution in [0.25, 0.3) is 0 Å². The molecule has 2 aromatic heterocycles. The van der Waals surface area contributed by atoms with E-state index in [1.165, 1.54) is 0 Å². The second-order valence-corrected chi connectivity index (χ2v) is 7.72. The number of carbonyl (C=O) groups is 1. The Kier molecular flexibility index (Phi) is 4.56. The number of benzene rings is 1. The standard InChI is InChI=1S/C23H24N4O2/c1-29-22-18(9-5-11-24-22)14-25-15-20-21(16-25)27(13-17-7-3-2-4-8-17)23(28)19-10-6-12-26(19)20/h2-12,20-21H,13-16H2,1H3/t20-,21-/m1/s1. The summed E-state index contributed by atoms with van der Waals surface area (Å²) in [5.74, 6) is 0.780. The lowest BCUT2D eigenvalue weighted by molar-refractivity contribution is 0.0556. The molecule has 1 fully saturated rings. The summed E-state index contributed by atoms with van der Waals surface area (Å²) in [4.78, 5) is 22.0. The number of carbonyl (C=O) groups excluding carboxylic acids is 1. The molecule has 2 aliphatic heterocycles. The second kappa shape index (κ2) is 7.37. The Morgan fingerprint density at radius 2 is 1.83 bits per heavy atom. The molecule has 0 saturated carbocycles. The zero-order valence-electron chi connectivity index (χ0n) is 16.4. The maximum Gasteiger partial charge on any atom is 0.271 e. The number of aromatic nitrogens is 2. The van der Waals surface area contributed by atoms with Gasteiger partial charge in [-0.25, -0.2) is 4.98 Å². The predicted octanol–water partition coefficient (Wildman–Crippen LogP) is 2.97. The van der Waals surface area contributed by atoms with E-state index in [4.69, 9.17) is 4.74 Å². The number of pyridine rings is 1. The second-order valence-electron chi connectivity index (χ2n) is 7.72. The first kappa shape index (κ1) is 17.9. The molecule has 0 spiro atoms. The van der Waals surface area contributed by atoms with Crippen molar-refractivity contribution in [2.75, 3.05) is 20.2 Å².